The molecule has 246 valence electrons. The predicted octanol–water partition coefficient (Wildman–Crippen LogP) is 12.2. The second-order valence-corrected chi connectivity index (χ2v) is 10.5. The van der Waals surface area contributed by atoms with Crippen molar-refractivity contribution in [3.8, 4) is 0 Å². The zero-order chi connectivity index (χ0) is 32.6. The van der Waals surface area contributed by atoms with Crippen LogP contribution in [0.5, 0.6) is 0 Å². The Morgan fingerprint density at radius 1 is 0.455 bits per heavy atom. The normalized spacial score (nSPS) is 12.6. The van der Waals surface area contributed by atoms with Crippen LogP contribution < -0.4 is 0 Å². The first-order valence-corrected chi connectivity index (χ1v) is 16.9. The highest BCUT2D eigenvalue weighted by Gasteiger charge is 1.95. The van der Waals surface area contributed by atoms with Crippen LogP contribution in [0.15, 0.2) is 109 Å². The van der Waals surface area contributed by atoms with Gasteiger partial charge in [0.05, 0.1) is 0 Å². The predicted molar refractivity (Wildman–Crippen MR) is 192 cm³/mol. The second-order valence-electron chi connectivity index (χ2n) is 10.5. The van der Waals surface area contributed by atoms with Gasteiger partial charge < -0.3 is 10.2 Å². The molecule has 0 spiro atoms. The van der Waals surface area contributed by atoms with Crippen LogP contribution in [0.25, 0.3) is 0 Å². The van der Waals surface area contributed by atoms with E-state index < -0.39 is 11.9 Å². The van der Waals surface area contributed by atoms with Crippen molar-refractivity contribution in [1.82, 2.24) is 0 Å². The lowest BCUT2D eigenvalue weighted by Gasteiger charge is -1.98. The minimum Gasteiger partial charge on any atom is -0.481 e. The molecule has 0 aromatic rings. The summed E-state index contributed by atoms with van der Waals surface area (Å²) in [5, 5.41) is 16.9. The number of rotatable bonds is 27. The number of hydrogen-bond acceptors (Lipinski definition) is 2. The van der Waals surface area contributed by atoms with E-state index in [1.807, 2.05) is 24.3 Å². The molecule has 44 heavy (non-hydrogen) atoms. The molecule has 0 atom stereocenters. The molecule has 2 N–H and O–H groups in total. The average Bonchev–Trinajstić information content (AvgIpc) is 3.00. The van der Waals surface area contributed by atoms with Crippen molar-refractivity contribution in [3.05, 3.63) is 109 Å². The lowest BCUT2D eigenvalue weighted by atomic mass is 10.1. The molecule has 4 heteroatoms. The molecule has 0 saturated carbocycles. The van der Waals surface area contributed by atoms with Gasteiger partial charge in [0.15, 0.2) is 0 Å². The fraction of sp³-hybridized carbons (Fsp3) is 0.500. The van der Waals surface area contributed by atoms with E-state index >= 15 is 0 Å². The third kappa shape index (κ3) is 45.6. The highest BCUT2D eigenvalue weighted by molar-refractivity contribution is 5.80. The number of carboxylic acids is 2. The smallest absolute Gasteiger partial charge is 0.328 e. The Morgan fingerprint density at radius 3 is 1.41 bits per heavy atom. The van der Waals surface area contributed by atoms with Gasteiger partial charge >= 0.3 is 11.9 Å². The van der Waals surface area contributed by atoms with Crippen molar-refractivity contribution in [2.24, 2.45) is 0 Å². The van der Waals surface area contributed by atoms with Crippen molar-refractivity contribution < 1.29 is 19.8 Å². The fourth-order valence-electron chi connectivity index (χ4n) is 3.91. The fourth-order valence-corrected chi connectivity index (χ4v) is 3.91. The van der Waals surface area contributed by atoms with Crippen LogP contribution in [0.2, 0.25) is 0 Å². The summed E-state index contributed by atoms with van der Waals surface area (Å²) >= 11 is 0. The maximum Gasteiger partial charge on any atom is 0.328 e. The topological polar surface area (TPSA) is 74.6 Å². The summed E-state index contributed by atoms with van der Waals surface area (Å²) < 4.78 is 0. The molecular formula is C40H62O4. The summed E-state index contributed by atoms with van der Waals surface area (Å²) in [5.41, 5.74) is 0. The van der Waals surface area contributed by atoms with Gasteiger partial charge in [-0.15, -0.1) is 0 Å². The van der Waals surface area contributed by atoms with Crippen LogP contribution in [0, 0.1) is 0 Å². The van der Waals surface area contributed by atoms with Crippen LogP contribution in [0.3, 0.4) is 0 Å². The quantitative estimate of drug-likeness (QED) is 0.0422. The average molecular weight is 607 g/mol. The van der Waals surface area contributed by atoms with Crippen LogP contribution in [0.1, 0.15) is 129 Å². The number of aliphatic carboxylic acids is 2. The van der Waals surface area contributed by atoms with Gasteiger partial charge in [0, 0.05) is 12.5 Å². The summed E-state index contributed by atoms with van der Waals surface area (Å²) in [6, 6.07) is 0. The van der Waals surface area contributed by atoms with Gasteiger partial charge in [0.1, 0.15) is 0 Å². The Kier molecular flexibility index (Phi) is 38.5. The summed E-state index contributed by atoms with van der Waals surface area (Å²) in [6.07, 6.45) is 56.1. The molecular weight excluding hydrogens is 544 g/mol. The maximum absolute atomic E-state index is 10.3. The molecule has 0 saturated heterocycles. The van der Waals surface area contributed by atoms with Crippen LogP contribution in [-0.4, -0.2) is 22.2 Å². The number of carbonyl (C=O) groups is 2. The third-order valence-corrected chi connectivity index (χ3v) is 6.36. The monoisotopic (exact) mass is 606 g/mol. The first-order chi connectivity index (χ1) is 21.5. The van der Waals surface area contributed by atoms with E-state index in [1.54, 1.807) is 12.2 Å². The van der Waals surface area contributed by atoms with Gasteiger partial charge in [-0.2, -0.15) is 0 Å². The maximum atomic E-state index is 10.3. The Morgan fingerprint density at radius 2 is 0.886 bits per heavy atom. The standard InChI is InChI=1S/C20H32O2.C20H30O2/c2*1-2-3-4-5-6-7-8-9-10-11-12-13-14-15-16-17-18-19-20(21)22/h3-4,6-7,9-10,12-13H,2,5,8,11,14-19H2,1H3,(H,21,22);10-19H,2-9H2,1H3,(H,21,22)/b4-3-,7-6-,10-9-,13-12-;. The summed E-state index contributed by atoms with van der Waals surface area (Å²) in [7, 11) is 0. The lowest BCUT2D eigenvalue weighted by Crippen LogP contribution is -1.93. The zero-order valence-corrected chi connectivity index (χ0v) is 27.8. The van der Waals surface area contributed by atoms with Crippen molar-refractivity contribution in [2.75, 3.05) is 0 Å². The highest BCUT2D eigenvalue weighted by Crippen LogP contribution is 2.09. The molecule has 0 amide bonds. The molecule has 0 bridgehead atoms. The first-order valence-electron chi connectivity index (χ1n) is 16.9. The minimum absolute atomic E-state index is 0.309. The summed E-state index contributed by atoms with van der Waals surface area (Å²) in [6.45, 7) is 4.40. The Bertz CT molecular complexity index is 910. The van der Waals surface area contributed by atoms with Crippen molar-refractivity contribution in [2.45, 2.75) is 129 Å². The number of unbranched alkanes of at least 4 members (excludes halogenated alkanes) is 11. The highest BCUT2D eigenvalue weighted by atomic mass is 16.4. The van der Waals surface area contributed by atoms with Crippen LogP contribution in [0.4, 0.5) is 0 Å². The van der Waals surface area contributed by atoms with Crippen molar-refractivity contribution >= 4 is 11.9 Å². The van der Waals surface area contributed by atoms with Gasteiger partial charge in [-0.25, -0.2) is 4.79 Å². The van der Waals surface area contributed by atoms with Gasteiger partial charge in [-0.05, 0) is 57.8 Å². The molecule has 0 aliphatic carbocycles. The van der Waals surface area contributed by atoms with E-state index in [2.05, 4.69) is 74.6 Å². The molecule has 4 nitrogen and oxygen atoms in total. The van der Waals surface area contributed by atoms with E-state index in [0.29, 0.717) is 6.42 Å². The molecule has 0 fully saturated rings. The van der Waals surface area contributed by atoms with Gasteiger partial charge in [-0.1, -0.05) is 169 Å². The Hall–Kier alpha value is -3.40. The van der Waals surface area contributed by atoms with E-state index in [1.165, 1.54) is 51.0 Å². The molecule has 0 aromatic carbocycles. The molecule has 0 rings (SSSR count). The molecule has 0 radical (unpaired) electrons. The van der Waals surface area contributed by atoms with Gasteiger partial charge in [0.2, 0.25) is 0 Å². The van der Waals surface area contributed by atoms with Crippen LogP contribution >= 0.6 is 0 Å². The zero-order valence-electron chi connectivity index (χ0n) is 27.8. The molecule has 0 aromatic heterocycles. The van der Waals surface area contributed by atoms with E-state index in [0.717, 1.165) is 70.3 Å². The largest absolute Gasteiger partial charge is 0.481 e. The molecule has 0 aliphatic rings. The summed E-state index contributed by atoms with van der Waals surface area (Å²) in [4.78, 5) is 20.5. The SMILES string of the molecule is CC/C=C\C/C=C\C/C=C\C/C=C\CCCCCCC(=O)O.CCCCCCCCCC=CC=CC=CC=CC=CC(=O)O. The van der Waals surface area contributed by atoms with Gasteiger partial charge in [-0.3, -0.25) is 4.79 Å². The Labute approximate surface area is 270 Å². The Balaban J connectivity index is 0. The van der Waals surface area contributed by atoms with Crippen molar-refractivity contribution in [3.63, 3.8) is 0 Å². The van der Waals surface area contributed by atoms with E-state index in [-0.39, 0.29) is 0 Å². The summed E-state index contributed by atoms with van der Waals surface area (Å²) in [5.74, 6) is -1.61. The van der Waals surface area contributed by atoms with Crippen molar-refractivity contribution in [1.29, 1.82) is 0 Å². The molecule has 0 aliphatic heterocycles. The number of allylic oxidation sites excluding steroid dienone is 17. The first kappa shape index (κ1) is 42.7. The number of carboxylic acid groups (broad SMARTS) is 2. The van der Waals surface area contributed by atoms with E-state index in [4.69, 9.17) is 10.2 Å². The molecule has 0 heterocycles. The number of hydrogen-bond donors (Lipinski definition) is 2. The van der Waals surface area contributed by atoms with E-state index in [9.17, 15) is 9.59 Å². The molecule has 0 unspecified atom stereocenters. The second kappa shape index (κ2) is 39.6. The lowest BCUT2D eigenvalue weighted by molar-refractivity contribution is -0.137. The minimum atomic E-state index is -0.931. The van der Waals surface area contributed by atoms with Gasteiger partial charge in [0.25, 0.3) is 0 Å². The third-order valence-electron chi connectivity index (χ3n) is 6.36. The van der Waals surface area contributed by atoms with Crippen LogP contribution in [-0.2, 0) is 9.59 Å².